The number of amides is 1. The first-order valence-corrected chi connectivity index (χ1v) is 9.75. The fourth-order valence-corrected chi connectivity index (χ4v) is 2.23. The largest absolute Gasteiger partial charge is 0.444 e. The van der Waals surface area contributed by atoms with Crippen LogP contribution in [0, 0.1) is 0 Å². The molecule has 3 N–H and O–H groups in total. The summed E-state index contributed by atoms with van der Waals surface area (Å²) >= 11 is 0. The average molecular weight is 410 g/mol. The molecule has 28 heavy (non-hydrogen) atoms. The predicted octanol–water partition coefficient (Wildman–Crippen LogP) is 0.789. The molecular formula is C19H39NO8. The van der Waals surface area contributed by atoms with Crippen molar-refractivity contribution in [1.29, 1.82) is 0 Å². The maximum atomic E-state index is 12.7. The highest BCUT2D eigenvalue weighted by Gasteiger charge is 2.41. The van der Waals surface area contributed by atoms with Crippen molar-refractivity contribution in [1.82, 2.24) is 4.90 Å². The fraction of sp³-hybridized carbons (Fsp3) is 0.947. The molecule has 168 valence electrons. The van der Waals surface area contributed by atoms with Gasteiger partial charge in [0.15, 0.2) is 0 Å². The van der Waals surface area contributed by atoms with Crippen LogP contribution in [0.3, 0.4) is 0 Å². The number of ether oxygens (including phenoxy) is 4. The minimum atomic E-state index is -0.956. The molecule has 0 spiro atoms. The van der Waals surface area contributed by atoms with Crippen molar-refractivity contribution in [2.24, 2.45) is 0 Å². The van der Waals surface area contributed by atoms with Gasteiger partial charge in [-0.25, -0.2) is 4.79 Å². The Morgan fingerprint density at radius 1 is 0.786 bits per heavy atom. The zero-order valence-electron chi connectivity index (χ0n) is 17.8. The molecule has 0 aromatic heterocycles. The topological polar surface area (TPSA) is 118 Å². The number of hydrogen-bond acceptors (Lipinski definition) is 8. The van der Waals surface area contributed by atoms with Crippen LogP contribution in [0.15, 0.2) is 0 Å². The fourth-order valence-electron chi connectivity index (χ4n) is 2.23. The number of carbonyl (C=O) groups excluding carboxylic acids is 1. The van der Waals surface area contributed by atoms with Gasteiger partial charge < -0.3 is 34.3 Å². The van der Waals surface area contributed by atoms with Crippen LogP contribution in [-0.4, -0.2) is 104 Å². The number of aliphatic hydroxyl groups is 3. The van der Waals surface area contributed by atoms with Gasteiger partial charge in [-0.15, -0.1) is 0 Å². The average Bonchev–Trinajstić information content (AvgIpc) is 2.63. The van der Waals surface area contributed by atoms with E-state index in [0.717, 1.165) is 0 Å². The predicted molar refractivity (Wildman–Crippen MR) is 104 cm³/mol. The van der Waals surface area contributed by atoms with Gasteiger partial charge in [0.25, 0.3) is 0 Å². The summed E-state index contributed by atoms with van der Waals surface area (Å²) in [5, 5.41) is 26.9. The Bertz CT molecular complexity index is 369. The molecule has 9 heteroatoms. The van der Waals surface area contributed by atoms with Gasteiger partial charge in [0.05, 0.1) is 19.8 Å². The molecule has 0 fully saturated rings. The lowest BCUT2D eigenvalue weighted by molar-refractivity contribution is -0.0948. The smallest absolute Gasteiger partial charge is 0.410 e. The second-order valence-corrected chi connectivity index (χ2v) is 7.65. The zero-order valence-corrected chi connectivity index (χ0v) is 17.8. The molecule has 0 unspecified atom stereocenters. The van der Waals surface area contributed by atoms with Gasteiger partial charge in [-0.05, 0) is 40.0 Å². The normalized spacial score (nSPS) is 12.2. The van der Waals surface area contributed by atoms with Crippen molar-refractivity contribution in [3.05, 3.63) is 0 Å². The number of nitrogens with zero attached hydrogens (tertiary/aromatic N) is 1. The van der Waals surface area contributed by atoms with Crippen LogP contribution in [-0.2, 0) is 18.9 Å². The third kappa shape index (κ3) is 11.8. The molecule has 0 aliphatic rings. The Hall–Kier alpha value is -0.970. The summed E-state index contributed by atoms with van der Waals surface area (Å²) in [4.78, 5) is 14.1. The summed E-state index contributed by atoms with van der Waals surface area (Å²) in [6, 6.07) is 0. The Morgan fingerprint density at radius 3 is 1.43 bits per heavy atom. The summed E-state index contributed by atoms with van der Waals surface area (Å²) in [6.07, 6.45) is 0.893. The third-order valence-electron chi connectivity index (χ3n) is 3.83. The first-order chi connectivity index (χ1) is 13.2. The summed E-state index contributed by atoms with van der Waals surface area (Å²) in [5.74, 6) is 0. The van der Waals surface area contributed by atoms with Crippen molar-refractivity contribution < 1.29 is 39.1 Å². The first kappa shape index (κ1) is 27.0. The Balaban J connectivity index is 5.32. The zero-order chi connectivity index (χ0) is 21.5. The number of rotatable bonds is 16. The quantitative estimate of drug-likeness (QED) is 0.320. The summed E-state index contributed by atoms with van der Waals surface area (Å²) in [5.41, 5.74) is -1.62. The maximum absolute atomic E-state index is 12.7. The van der Waals surface area contributed by atoms with E-state index in [0.29, 0.717) is 39.1 Å². The van der Waals surface area contributed by atoms with Gasteiger partial charge in [-0.3, -0.25) is 4.90 Å². The Labute approximate surface area is 168 Å². The van der Waals surface area contributed by atoms with E-state index in [2.05, 4.69) is 0 Å². The highest BCUT2D eigenvalue weighted by molar-refractivity contribution is 5.69. The molecular weight excluding hydrogens is 370 g/mol. The lowest BCUT2D eigenvalue weighted by Crippen LogP contribution is -2.60. The summed E-state index contributed by atoms with van der Waals surface area (Å²) < 4.78 is 22.5. The van der Waals surface area contributed by atoms with Crippen LogP contribution < -0.4 is 0 Å². The molecule has 9 nitrogen and oxygen atoms in total. The molecule has 0 saturated heterocycles. The molecule has 0 rings (SSSR count). The van der Waals surface area contributed by atoms with Crippen molar-refractivity contribution in [3.8, 4) is 0 Å². The van der Waals surface area contributed by atoms with E-state index < -0.39 is 17.2 Å². The second-order valence-electron chi connectivity index (χ2n) is 7.65. The van der Waals surface area contributed by atoms with Gasteiger partial charge in [0, 0.05) is 46.7 Å². The summed E-state index contributed by atoms with van der Waals surface area (Å²) in [6.45, 7) is 6.74. The van der Waals surface area contributed by atoms with Crippen molar-refractivity contribution in [2.45, 2.75) is 51.2 Å². The monoisotopic (exact) mass is 409 g/mol. The van der Waals surface area contributed by atoms with E-state index in [9.17, 15) is 4.79 Å². The highest BCUT2D eigenvalue weighted by Crippen LogP contribution is 2.21. The van der Waals surface area contributed by atoms with Gasteiger partial charge in [0.2, 0.25) is 0 Å². The summed E-state index contributed by atoms with van der Waals surface area (Å²) in [7, 11) is 1.61. The van der Waals surface area contributed by atoms with Crippen LogP contribution in [0.2, 0.25) is 0 Å². The lowest BCUT2D eigenvalue weighted by atomic mass is 10.0. The highest BCUT2D eigenvalue weighted by atomic mass is 16.6. The van der Waals surface area contributed by atoms with Crippen LogP contribution in [0.5, 0.6) is 0 Å². The first-order valence-electron chi connectivity index (χ1n) is 9.75. The Morgan fingerprint density at radius 2 is 1.14 bits per heavy atom. The van der Waals surface area contributed by atoms with E-state index in [-0.39, 0.29) is 39.6 Å². The molecule has 0 aliphatic heterocycles. The number of carbonyl (C=O) groups is 1. The molecule has 0 aromatic rings. The Kier molecular flexibility index (Phi) is 14.4. The number of likely N-dealkylation sites (N-methyl/N-ethyl adjacent to an activating group) is 1. The van der Waals surface area contributed by atoms with Crippen molar-refractivity contribution in [2.75, 3.05) is 66.5 Å². The molecule has 0 atom stereocenters. The lowest BCUT2D eigenvalue weighted by Gasteiger charge is -2.41. The van der Waals surface area contributed by atoms with Gasteiger partial charge in [-0.1, -0.05) is 0 Å². The number of aliphatic hydroxyl groups excluding tert-OH is 3. The maximum Gasteiger partial charge on any atom is 0.410 e. The van der Waals surface area contributed by atoms with Crippen molar-refractivity contribution >= 4 is 6.09 Å². The molecule has 0 aromatic carbocycles. The molecule has 0 saturated carbocycles. The van der Waals surface area contributed by atoms with E-state index in [4.69, 9.17) is 34.3 Å². The molecule has 0 bridgehead atoms. The molecule has 0 heterocycles. The van der Waals surface area contributed by atoms with Gasteiger partial charge in [-0.2, -0.15) is 0 Å². The molecule has 1 amide bonds. The minimum absolute atomic E-state index is 0.00883. The standard InChI is InChI=1S/C19H39NO8/c1-18(2,3)28-17(24)20(4)19(14-25-11-5-8-21,15-26-12-6-9-22)16-27-13-7-10-23/h21-23H,5-16H2,1-4H3. The van der Waals surface area contributed by atoms with E-state index >= 15 is 0 Å². The third-order valence-corrected chi connectivity index (χ3v) is 3.83. The van der Waals surface area contributed by atoms with Crippen LogP contribution in [0.1, 0.15) is 40.0 Å². The minimum Gasteiger partial charge on any atom is -0.444 e. The van der Waals surface area contributed by atoms with Crippen LogP contribution in [0.25, 0.3) is 0 Å². The van der Waals surface area contributed by atoms with Crippen molar-refractivity contribution in [3.63, 3.8) is 0 Å². The van der Waals surface area contributed by atoms with Crippen LogP contribution >= 0.6 is 0 Å². The SMILES string of the molecule is CN(C(=O)OC(C)(C)C)C(COCCCO)(COCCCO)COCCCO. The second kappa shape index (κ2) is 14.9. The van der Waals surface area contributed by atoms with E-state index in [1.807, 2.05) is 0 Å². The molecule has 0 aliphatic carbocycles. The van der Waals surface area contributed by atoms with Gasteiger partial charge >= 0.3 is 6.09 Å². The van der Waals surface area contributed by atoms with E-state index in [1.54, 1.807) is 27.8 Å². The van der Waals surface area contributed by atoms with Crippen LogP contribution in [0.4, 0.5) is 4.79 Å². The molecule has 0 radical (unpaired) electrons. The van der Waals surface area contributed by atoms with Gasteiger partial charge in [0.1, 0.15) is 11.1 Å². The number of hydrogen-bond donors (Lipinski definition) is 3. The van der Waals surface area contributed by atoms with E-state index in [1.165, 1.54) is 4.90 Å².